The molecule has 21 heavy (non-hydrogen) atoms. The van der Waals surface area contributed by atoms with Crippen molar-refractivity contribution in [2.45, 2.75) is 31.7 Å². The van der Waals surface area contributed by atoms with Gasteiger partial charge in [0.05, 0.1) is 7.11 Å². The van der Waals surface area contributed by atoms with Crippen LogP contribution in [0.3, 0.4) is 0 Å². The summed E-state index contributed by atoms with van der Waals surface area (Å²) in [6.45, 7) is 2.17. The van der Waals surface area contributed by atoms with Crippen molar-refractivity contribution in [3.05, 3.63) is 64.7 Å². The maximum atomic E-state index is 5.32. The van der Waals surface area contributed by atoms with Crippen molar-refractivity contribution in [2.75, 3.05) is 14.2 Å². The topological polar surface area (TPSA) is 21.3 Å². The van der Waals surface area contributed by atoms with Crippen LogP contribution >= 0.6 is 0 Å². The van der Waals surface area contributed by atoms with E-state index in [1.807, 2.05) is 0 Å². The molecule has 0 fully saturated rings. The molecule has 2 aromatic carbocycles. The summed E-state index contributed by atoms with van der Waals surface area (Å²) in [6, 6.07) is 15.6. The molecule has 0 amide bonds. The molecule has 1 aliphatic rings. The molecule has 1 N–H and O–H groups in total. The Bertz CT molecular complexity index is 635. The van der Waals surface area contributed by atoms with Crippen LogP contribution < -0.4 is 10.1 Å². The minimum Gasteiger partial charge on any atom is -0.497 e. The van der Waals surface area contributed by atoms with E-state index in [0.717, 1.165) is 5.75 Å². The van der Waals surface area contributed by atoms with E-state index in [-0.39, 0.29) is 0 Å². The Morgan fingerprint density at radius 2 is 2.00 bits per heavy atom. The lowest BCUT2D eigenvalue weighted by atomic mass is 9.86. The zero-order chi connectivity index (χ0) is 14.8. The lowest BCUT2D eigenvalue weighted by Gasteiger charge is -2.26. The van der Waals surface area contributed by atoms with Crippen LogP contribution in [0.15, 0.2) is 42.5 Å². The zero-order valence-electron chi connectivity index (χ0n) is 13.0. The minimum atomic E-state index is 0.361. The van der Waals surface area contributed by atoms with Crippen LogP contribution in [0.4, 0.5) is 0 Å². The first-order valence-corrected chi connectivity index (χ1v) is 7.64. The van der Waals surface area contributed by atoms with Gasteiger partial charge in [-0.2, -0.15) is 0 Å². The summed E-state index contributed by atoms with van der Waals surface area (Å²) in [7, 11) is 3.78. The number of methoxy groups -OCH3 is 1. The molecule has 110 valence electrons. The number of rotatable bonds is 4. The number of fused-ring (bicyclic) bond motifs is 1. The average Bonchev–Trinajstić information content (AvgIpc) is 2.94. The molecule has 0 saturated carbocycles. The summed E-state index contributed by atoms with van der Waals surface area (Å²) < 4.78 is 5.32. The second-order valence-electron chi connectivity index (χ2n) is 5.83. The molecule has 2 nitrogen and oxygen atoms in total. The van der Waals surface area contributed by atoms with Gasteiger partial charge in [-0.1, -0.05) is 30.3 Å². The monoisotopic (exact) mass is 281 g/mol. The Labute approximate surface area is 127 Å². The van der Waals surface area contributed by atoms with Gasteiger partial charge in [0.15, 0.2) is 0 Å². The maximum absolute atomic E-state index is 5.32. The highest BCUT2D eigenvalue weighted by Crippen LogP contribution is 2.42. The number of hydrogen-bond acceptors (Lipinski definition) is 2. The van der Waals surface area contributed by atoms with E-state index in [1.54, 1.807) is 7.11 Å². The fourth-order valence-corrected chi connectivity index (χ4v) is 3.63. The van der Waals surface area contributed by atoms with Gasteiger partial charge in [0, 0.05) is 12.0 Å². The molecule has 2 unspecified atom stereocenters. The Morgan fingerprint density at radius 3 is 2.71 bits per heavy atom. The molecule has 1 aliphatic carbocycles. The molecule has 0 radical (unpaired) electrons. The van der Waals surface area contributed by atoms with Crippen molar-refractivity contribution in [3.63, 3.8) is 0 Å². The highest BCUT2D eigenvalue weighted by atomic mass is 16.5. The smallest absolute Gasteiger partial charge is 0.119 e. The van der Waals surface area contributed by atoms with E-state index in [1.165, 1.54) is 35.1 Å². The average molecular weight is 281 g/mol. The van der Waals surface area contributed by atoms with Crippen LogP contribution in [-0.2, 0) is 6.42 Å². The Hall–Kier alpha value is -1.80. The number of aryl methyl sites for hydroxylation is 2. The zero-order valence-corrected chi connectivity index (χ0v) is 13.0. The number of ether oxygens (including phenoxy) is 1. The van der Waals surface area contributed by atoms with Gasteiger partial charge >= 0.3 is 0 Å². The van der Waals surface area contributed by atoms with Crippen LogP contribution in [0.1, 0.15) is 40.6 Å². The van der Waals surface area contributed by atoms with Crippen LogP contribution in [-0.4, -0.2) is 14.2 Å². The molecule has 2 atom stereocenters. The van der Waals surface area contributed by atoms with Gasteiger partial charge in [-0.15, -0.1) is 0 Å². The first-order valence-electron chi connectivity index (χ1n) is 7.64. The molecule has 0 heterocycles. The SMILES string of the molecule is CNC(c1ccc(OC)cc1C)C1CCc2ccccc21. The third-order valence-corrected chi connectivity index (χ3v) is 4.70. The molecule has 0 aromatic heterocycles. The number of benzene rings is 2. The Balaban J connectivity index is 1.97. The van der Waals surface area contributed by atoms with Gasteiger partial charge in [-0.05, 0) is 61.2 Å². The quantitative estimate of drug-likeness (QED) is 0.915. The maximum Gasteiger partial charge on any atom is 0.119 e. The number of nitrogens with one attached hydrogen (secondary N) is 1. The fraction of sp³-hybridized carbons (Fsp3) is 0.368. The van der Waals surface area contributed by atoms with Crippen LogP contribution in [0.25, 0.3) is 0 Å². The molecule has 0 bridgehead atoms. The highest BCUT2D eigenvalue weighted by Gasteiger charge is 2.30. The van der Waals surface area contributed by atoms with Crippen LogP contribution in [0.5, 0.6) is 5.75 Å². The van der Waals surface area contributed by atoms with E-state index in [9.17, 15) is 0 Å². The molecule has 2 aromatic rings. The first-order chi connectivity index (χ1) is 10.2. The summed E-state index contributed by atoms with van der Waals surface area (Å²) in [5.74, 6) is 1.48. The summed E-state index contributed by atoms with van der Waals surface area (Å²) in [6.07, 6.45) is 2.41. The number of hydrogen-bond donors (Lipinski definition) is 1. The molecular formula is C19H23NO. The summed E-state index contributed by atoms with van der Waals surface area (Å²) >= 11 is 0. The molecule has 2 heteroatoms. The molecule has 0 aliphatic heterocycles. The summed E-state index contributed by atoms with van der Waals surface area (Å²) in [5, 5.41) is 3.54. The largest absolute Gasteiger partial charge is 0.497 e. The predicted octanol–water partition coefficient (Wildman–Crippen LogP) is 3.99. The lowest BCUT2D eigenvalue weighted by Crippen LogP contribution is -2.23. The fourth-order valence-electron chi connectivity index (χ4n) is 3.63. The highest BCUT2D eigenvalue weighted by molar-refractivity contribution is 5.42. The summed E-state index contributed by atoms with van der Waals surface area (Å²) in [5.41, 5.74) is 5.68. The van der Waals surface area contributed by atoms with Gasteiger partial charge in [-0.25, -0.2) is 0 Å². The third kappa shape index (κ3) is 2.56. The molecule has 0 saturated heterocycles. The van der Waals surface area contributed by atoms with Gasteiger partial charge in [0.2, 0.25) is 0 Å². The van der Waals surface area contributed by atoms with Crippen molar-refractivity contribution < 1.29 is 4.74 Å². The number of likely N-dealkylation sites (N-methyl/N-ethyl adjacent to an activating group) is 1. The van der Waals surface area contributed by atoms with E-state index in [4.69, 9.17) is 4.74 Å². The van der Waals surface area contributed by atoms with Gasteiger partial charge < -0.3 is 10.1 Å². The van der Waals surface area contributed by atoms with Crippen molar-refractivity contribution in [3.8, 4) is 5.75 Å². The van der Waals surface area contributed by atoms with E-state index in [0.29, 0.717) is 12.0 Å². The van der Waals surface area contributed by atoms with Crippen molar-refractivity contribution in [1.82, 2.24) is 5.32 Å². The second-order valence-corrected chi connectivity index (χ2v) is 5.83. The molecule has 3 rings (SSSR count). The molecule has 0 spiro atoms. The second kappa shape index (κ2) is 5.90. The van der Waals surface area contributed by atoms with Crippen LogP contribution in [0.2, 0.25) is 0 Å². The van der Waals surface area contributed by atoms with Gasteiger partial charge in [-0.3, -0.25) is 0 Å². The van der Waals surface area contributed by atoms with Crippen molar-refractivity contribution >= 4 is 0 Å². The van der Waals surface area contributed by atoms with Gasteiger partial charge in [0.1, 0.15) is 5.75 Å². The minimum absolute atomic E-state index is 0.361. The predicted molar refractivity (Wildman–Crippen MR) is 87.0 cm³/mol. The van der Waals surface area contributed by atoms with E-state index in [2.05, 4.69) is 61.8 Å². The first kappa shape index (κ1) is 14.2. The Morgan fingerprint density at radius 1 is 1.19 bits per heavy atom. The Kier molecular flexibility index (Phi) is 3.98. The van der Waals surface area contributed by atoms with Crippen molar-refractivity contribution in [1.29, 1.82) is 0 Å². The van der Waals surface area contributed by atoms with Gasteiger partial charge in [0.25, 0.3) is 0 Å². The van der Waals surface area contributed by atoms with E-state index >= 15 is 0 Å². The lowest BCUT2D eigenvalue weighted by molar-refractivity contribution is 0.413. The standard InChI is InChI=1S/C19H23NO/c1-13-12-15(21-3)9-11-16(13)19(20-2)18-10-8-14-6-4-5-7-17(14)18/h4-7,9,11-12,18-20H,8,10H2,1-3H3. The summed E-state index contributed by atoms with van der Waals surface area (Å²) in [4.78, 5) is 0. The normalized spacial score (nSPS) is 18.3. The van der Waals surface area contributed by atoms with Crippen molar-refractivity contribution in [2.24, 2.45) is 0 Å². The van der Waals surface area contributed by atoms with Crippen LogP contribution in [0, 0.1) is 6.92 Å². The molecular weight excluding hydrogens is 258 g/mol. The third-order valence-electron chi connectivity index (χ3n) is 4.70. The van der Waals surface area contributed by atoms with E-state index < -0.39 is 0 Å².